The standard InChI is InChI=1S/C22H26N6O2/c1-26-21(29)10-17(12-25-26)13-27-6-8-28(9-7-27)18-4-5-20-19(11-18)22(24-15-23-20)30-14-16-2-3-16/h4-5,10-12,15-16H,2-3,6-9,13-14H2,1H3. The fourth-order valence-corrected chi connectivity index (χ4v) is 3.83. The fraction of sp³-hybridized carbons (Fsp3) is 0.455. The van der Waals surface area contributed by atoms with Crippen LogP contribution >= 0.6 is 0 Å². The van der Waals surface area contributed by atoms with Crippen LogP contribution in [0.3, 0.4) is 0 Å². The van der Waals surface area contributed by atoms with Crippen LogP contribution in [0.4, 0.5) is 5.69 Å². The Morgan fingerprint density at radius 3 is 2.70 bits per heavy atom. The first-order valence-corrected chi connectivity index (χ1v) is 10.5. The lowest BCUT2D eigenvalue weighted by atomic mass is 10.1. The lowest BCUT2D eigenvalue weighted by Crippen LogP contribution is -2.46. The van der Waals surface area contributed by atoms with E-state index in [-0.39, 0.29) is 5.56 Å². The average Bonchev–Trinajstić information content (AvgIpc) is 3.60. The van der Waals surface area contributed by atoms with E-state index < -0.39 is 0 Å². The molecular weight excluding hydrogens is 380 g/mol. The van der Waals surface area contributed by atoms with Crippen molar-refractivity contribution >= 4 is 16.6 Å². The maximum Gasteiger partial charge on any atom is 0.266 e. The first-order valence-electron chi connectivity index (χ1n) is 10.5. The normalized spacial score (nSPS) is 17.4. The summed E-state index contributed by atoms with van der Waals surface area (Å²) in [5.41, 5.74) is 2.98. The summed E-state index contributed by atoms with van der Waals surface area (Å²) >= 11 is 0. The highest BCUT2D eigenvalue weighted by atomic mass is 16.5. The number of ether oxygens (including phenoxy) is 1. The smallest absolute Gasteiger partial charge is 0.266 e. The highest BCUT2D eigenvalue weighted by molar-refractivity contribution is 5.86. The molecule has 156 valence electrons. The van der Waals surface area contributed by atoms with E-state index >= 15 is 0 Å². The molecule has 0 N–H and O–H groups in total. The molecule has 0 radical (unpaired) electrons. The minimum atomic E-state index is -0.0655. The maximum atomic E-state index is 11.8. The number of aryl methyl sites for hydroxylation is 1. The molecule has 1 aliphatic carbocycles. The topological polar surface area (TPSA) is 76.4 Å². The van der Waals surface area contributed by atoms with Crippen LogP contribution in [0, 0.1) is 5.92 Å². The van der Waals surface area contributed by atoms with Crippen molar-refractivity contribution in [2.75, 3.05) is 37.7 Å². The van der Waals surface area contributed by atoms with Crippen LogP contribution in [0.25, 0.3) is 10.9 Å². The van der Waals surface area contributed by atoms with Gasteiger partial charge in [-0.3, -0.25) is 9.69 Å². The van der Waals surface area contributed by atoms with Crippen molar-refractivity contribution in [3.05, 3.63) is 52.7 Å². The third kappa shape index (κ3) is 4.14. The van der Waals surface area contributed by atoms with Gasteiger partial charge in [0, 0.05) is 51.5 Å². The van der Waals surface area contributed by atoms with Crippen molar-refractivity contribution in [1.82, 2.24) is 24.6 Å². The van der Waals surface area contributed by atoms with Gasteiger partial charge in [-0.1, -0.05) is 0 Å². The van der Waals surface area contributed by atoms with Gasteiger partial charge in [0.15, 0.2) is 0 Å². The van der Waals surface area contributed by atoms with Gasteiger partial charge in [-0.15, -0.1) is 0 Å². The van der Waals surface area contributed by atoms with E-state index in [2.05, 4.69) is 37.0 Å². The second-order valence-electron chi connectivity index (χ2n) is 8.22. The molecule has 1 saturated heterocycles. The second kappa shape index (κ2) is 8.02. The Kier molecular flexibility index (Phi) is 5.08. The molecular formula is C22H26N6O2. The Bertz CT molecular complexity index is 1100. The summed E-state index contributed by atoms with van der Waals surface area (Å²) < 4.78 is 7.33. The molecule has 2 aliphatic rings. The third-order valence-electron chi connectivity index (χ3n) is 5.90. The lowest BCUT2D eigenvalue weighted by molar-refractivity contribution is 0.249. The zero-order valence-electron chi connectivity index (χ0n) is 17.2. The molecule has 0 atom stereocenters. The molecule has 3 heterocycles. The van der Waals surface area contributed by atoms with Gasteiger partial charge in [-0.25, -0.2) is 14.6 Å². The molecule has 0 bridgehead atoms. The number of piperazine rings is 1. The molecule has 2 fully saturated rings. The largest absolute Gasteiger partial charge is 0.477 e. The molecule has 8 nitrogen and oxygen atoms in total. The van der Waals surface area contributed by atoms with Crippen LogP contribution in [0.15, 0.2) is 41.6 Å². The van der Waals surface area contributed by atoms with Crippen molar-refractivity contribution < 1.29 is 4.74 Å². The molecule has 2 aromatic heterocycles. The number of hydrogen-bond acceptors (Lipinski definition) is 7. The van der Waals surface area contributed by atoms with Gasteiger partial charge in [0.25, 0.3) is 5.56 Å². The van der Waals surface area contributed by atoms with Gasteiger partial charge in [-0.05, 0) is 42.5 Å². The number of aromatic nitrogens is 4. The van der Waals surface area contributed by atoms with Gasteiger partial charge in [0.1, 0.15) is 6.33 Å². The number of fused-ring (bicyclic) bond motifs is 1. The van der Waals surface area contributed by atoms with Crippen molar-refractivity contribution in [1.29, 1.82) is 0 Å². The summed E-state index contributed by atoms with van der Waals surface area (Å²) in [5, 5.41) is 5.09. The van der Waals surface area contributed by atoms with E-state index in [4.69, 9.17) is 4.74 Å². The zero-order valence-corrected chi connectivity index (χ0v) is 17.2. The zero-order chi connectivity index (χ0) is 20.5. The molecule has 5 rings (SSSR count). The van der Waals surface area contributed by atoms with Crippen molar-refractivity contribution in [3.8, 4) is 5.88 Å². The number of benzene rings is 1. The fourth-order valence-electron chi connectivity index (χ4n) is 3.83. The molecule has 30 heavy (non-hydrogen) atoms. The molecule has 1 saturated carbocycles. The van der Waals surface area contributed by atoms with Crippen molar-refractivity contribution in [2.45, 2.75) is 19.4 Å². The van der Waals surface area contributed by atoms with E-state index in [0.717, 1.165) is 55.8 Å². The summed E-state index contributed by atoms with van der Waals surface area (Å²) in [4.78, 5) is 25.3. The van der Waals surface area contributed by atoms with Crippen LogP contribution in [-0.2, 0) is 13.6 Å². The Morgan fingerprint density at radius 2 is 1.93 bits per heavy atom. The summed E-state index contributed by atoms with van der Waals surface area (Å²) in [6.07, 6.45) is 5.87. The average molecular weight is 406 g/mol. The molecule has 0 unspecified atom stereocenters. The quantitative estimate of drug-likeness (QED) is 0.618. The predicted octanol–water partition coefficient (Wildman–Crippen LogP) is 1.83. The minimum absolute atomic E-state index is 0.0655. The highest BCUT2D eigenvalue weighted by Crippen LogP contribution is 2.32. The predicted molar refractivity (Wildman–Crippen MR) is 115 cm³/mol. The molecule has 8 heteroatoms. The number of hydrogen-bond donors (Lipinski definition) is 0. The first-order chi connectivity index (χ1) is 14.7. The summed E-state index contributed by atoms with van der Waals surface area (Å²) in [6.45, 7) is 5.21. The van der Waals surface area contributed by atoms with E-state index in [1.165, 1.54) is 23.2 Å². The number of anilines is 1. The molecule has 0 amide bonds. The number of rotatable bonds is 6. The van der Waals surface area contributed by atoms with Crippen LogP contribution in [0.5, 0.6) is 5.88 Å². The van der Waals surface area contributed by atoms with Gasteiger partial charge >= 0.3 is 0 Å². The van der Waals surface area contributed by atoms with Gasteiger partial charge in [-0.2, -0.15) is 5.10 Å². The lowest BCUT2D eigenvalue weighted by Gasteiger charge is -2.36. The Labute approximate surface area is 175 Å². The number of nitrogens with zero attached hydrogens (tertiary/aromatic N) is 6. The second-order valence-corrected chi connectivity index (χ2v) is 8.22. The molecule has 0 spiro atoms. The van der Waals surface area contributed by atoms with Crippen LogP contribution in [-0.4, -0.2) is 57.4 Å². The van der Waals surface area contributed by atoms with E-state index in [0.29, 0.717) is 11.8 Å². The van der Waals surface area contributed by atoms with Crippen molar-refractivity contribution in [3.63, 3.8) is 0 Å². The van der Waals surface area contributed by atoms with Crippen LogP contribution < -0.4 is 15.2 Å². The van der Waals surface area contributed by atoms with Gasteiger partial charge in [0.05, 0.1) is 23.7 Å². The van der Waals surface area contributed by atoms with Gasteiger partial charge in [0.2, 0.25) is 5.88 Å². The summed E-state index contributed by atoms with van der Waals surface area (Å²) in [7, 11) is 1.67. The summed E-state index contributed by atoms with van der Waals surface area (Å²) in [5.74, 6) is 1.37. The SMILES string of the molecule is Cn1ncc(CN2CCN(c3ccc4ncnc(OCC5CC5)c4c3)CC2)cc1=O. The van der Waals surface area contributed by atoms with E-state index in [1.54, 1.807) is 25.6 Å². The van der Waals surface area contributed by atoms with Crippen LogP contribution in [0.1, 0.15) is 18.4 Å². The highest BCUT2D eigenvalue weighted by Gasteiger charge is 2.23. The first kappa shape index (κ1) is 19.0. The molecule has 3 aromatic rings. The molecule has 1 aliphatic heterocycles. The van der Waals surface area contributed by atoms with Crippen molar-refractivity contribution in [2.24, 2.45) is 13.0 Å². The van der Waals surface area contributed by atoms with E-state index in [9.17, 15) is 4.79 Å². The minimum Gasteiger partial charge on any atom is -0.477 e. The summed E-state index contributed by atoms with van der Waals surface area (Å²) in [6, 6.07) is 8.00. The van der Waals surface area contributed by atoms with Crippen LogP contribution in [0.2, 0.25) is 0 Å². The Hall–Kier alpha value is -3.00. The Morgan fingerprint density at radius 1 is 1.10 bits per heavy atom. The maximum absolute atomic E-state index is 11.8. The van der Waals surface area contributed by atoms with Gasteiger partial charge < -0.3 is 9.64 Å². The molecule has 1 aromatic carbocycles. The third-order valence-corrected chi connectivity index (χ3v) is 5.90. The monoisotopic (exact) mass is 406 g/mol. The Balaban J connectivity index is 1.26. The van der Waals surface area contributed by atoms with E-state index in [1.807, 2.05) is 6.07 Å².